The van der Waals surface area contributed by atoms with Crippen molar-refractivity contribution in [3.05, 3.63) is 28.8 Å². The fraction of sp³-hybridized carbons (Fsp3) is 0.571. The highest BCUT2D eigenvalue weighted by Crippen LogP contribution is 2.33. The van der Waals surface area contributed by atoms with Crippen molar-refractivity contribution in [2.24, 2.45) is 0 Å². The van der Waals surface area contributed by atoms with E-state index in [-0.39, 0.29) is 0 Å². The molecule has 1 saturated carbocycles. The van der Waals surface area contributed by atoms with Crippen LogP contribution in [-0.2, 0) is 5.33 Å². The second-order valence-electron chi connectivity index (χ2n) is 4.64. The number of benzene rings is 1. The quantitative estimate of drug-likeness (QED) is 0.706. The van der Waals surface area contributed by atoms with Crippen LogP contribution in [0.2, 0.25) is 5.02 Å². The van der Waals surface area contributed by atoms with Gasteiger partial charge in [-0.25, -0.2) is 0 Å². The molecule has 1 aliphatic rings. The lowest BCUT2D eigenvalue weighted by molar-refractivity contribution is 0.620. The van der Waals surface area contributed by atoms with Gasteiger partial charge in [-0.15, -0.1) is 0 Å². The zero-order valence-electron chi connectivity index (χ0n) is 10.3. The smallest absolute Gasteiger partial charge is 0.0642 e. The molecule has 0 radical (unpaired) electrons. The molecule has 0 atom stereocenters. The molecule has 17 heavy (non-hydrogen) atoms. The Labute approximate surface area is 117 Å². The van der Waals surface area contributed by atoms with Gasteiger partial charge in [-0.3, -0.25) is 0 Å². The zero-order chi connectivity index (χ0) is 12.3. The van der Waals surface area contributed by atoms with Crippen LogP contribution in [0, 0.1) is 0 Å². The molecule has 0 amide bonds. The van der Waals surface area contributed by atoms with Crippen molar-refractivity contribution in [1.82, 2.24) is 0 Å². The molecule has 1 aromatic carbocycles. The highest BCUT2D eigenvalue weighted by molar-refractivity contribution is 9.08. The molecule has 0 aromatic heterocycles. The molecule has 3 heteroatoms. The van der Waals surface area contributed by atoms with Gasteiger partial charge in [-0.05, 0) is 37.5 Å². The Morgan fingerprint density at radius 1 is 1.35 bits per heavy atom. The van der Waals surface area contributed by atoms with E-state index >= 15 is 0 Å². The van der Waals surface area contributed by atoms with Gasteiger partial charge in [-0.2, -0.15) is 0 Å². The normalized spacial score (nSPS) is 16.4. The molecule has 0 spiro atoms. The second kappa shape index (κ2) is 6.10. The summed E-state index contributed by atoms with van der Waals surface area (Å²) in [4.78, 5) is 2.47. The SMILES string of the molecule is CCN(c1ccc(CBr)cc1Cl)C1CCCC1. The van der Waals surface area contributed by atoms with E-state index in [0.29, 0.717) is 6.04 Å². The van der Waals surface area contributed by atoms with E-state index in [1.165, 1.54) is 36.9 Å². The molecule has 1 nitrogen and oxygen atoms in total. The molecule has 0 saturated heterocycles. The minimum atomic E-state index is 0.687. The van der Waals surface area contributed by atoms with E-state index in [9.17, 15) is 0 Å². The second-order valence-corrected chi connectivity index (χ2v) is 5.61. The average Bonchev–Trinajstić information content (AvgIpc) is 2.85. The lowest BCUT2D eigenvalue weighted by Gasteiger charge is -2.30. The Bertz CT molecular complexity index is 374. The molecule has 0 heterocycles. The maximum absolute atomic E-state index is 6.40. The number of anilines is 1. The van der Waals surface area contributed by atoms with Crippen molar-refractivity contribution in [2.75, 3.05) is 11.4 Å². The van der Waals surface area contributed by atoms with Crippen molar-refractivity contribution in [2.45, 2.75) is 44.0 Å². The summed E-state index contributed by atoms with van der Waals surface area (Å²) in [7, 11) is 0. The molecule has 2 rings (SSSR count). The Morgan fingerprint density at radius 2 is 2.06 bits per heavy atom. The van der Waals surface area contributed by atoms with Gasteiger partial charge in [0.25, 0.3) is 0 Å². The van der Waals surface area contributed by atoms with Gasteiger partial charge < -0.3 is 4.90 Å². The first-order valence-electron chi connectivity index (χ1n) is 6.37. The Hall–Kier alpha value is -0.210. The molecule has 0 bridgehead atoms. The van der Waals surface area contributed by atoms with Crippen molar-refractivity contribution in [3.8, 4) is 0 Å². The maximum atomic E-state index is 6.40. The van der Waals surface area contributed by atoms with Crippen LogP contribution in [0.1, 0.15) is 38.2 Å². The standard InChI is InChI=1S/C14H19BrClN/c1-2-17(12-5-3-4-6-12)14-8-7-11(10-15)9-13(14)16/h7-9,12H,2-6,10H2,1H3. The Balaban J connectivity index is 2.23. The predicted molar refractivity (Wildman–Crippen MR) is 79.4 cm³/mol. The lowest BCUT2D eigenvalue weighted by Crippen LogP contribution is -2.33. The summed E-state index contributed by atoms with van der Waals surface area (Å²) in [5.74, 6) is 0. The molecule has 0 N–H and O–H groups in total. The van der Waals surface area contributed by atoms with E-state index in [1.807, 2.05) is 0 Å². The van der Waals surface area contributed by atoms with Crippen LogP contribution in [0.3, 0.4) is 0 Å². The van der Waals surface area contributed by atoms with Crippen LogP contribution in [-0.4, -0.2) is 12.6 Å². The third-order valence-corrected chi connectivity index (χ3v) is 4.53. The Kier molecular flexibility index (Phi) is 4.75. The number of alkyl halides is 1. The van der Waals surface area contributed by atoms with E-state index in [1.54, 1.807) is 0 Å². The summed E-state index contributed by atoms with van der Waals surface area (Å²) in [6, 6.07) is 7.09. The van der Waals surface area contributed by atoms with Crippen LogP contribution in [0.15, 0.2) is 18.2 Å². The van der Waals surface area contributed by atoms with E-state index in [4.69, 9.17) is 11.6 Å². The van der Waals surface area contributed by atoms with Gasteiger partial charge >= 0.3 is 0 Å². The van der Waals surface area contributed by atoms with E-state index < -0.39 is 0 Å². The monoisotopic (exact) mass is 315 g/mol. The summed E-state index contributed by atoms with van der Waals surface area (Å²) in [5, 5.41) is 1.75. The molecule has 0 aliphatic heterocycles. The Morgan fingerprint density at radius 3 is 2.59 bits per heavy atom. The lowest BCUT2D eigenvalue weighted by atomic mass is 10.1. The number of nitrogens with zero attached hydrogens (tertiary/aromatic N) is 1. The van der Waals surface area contributed by atoms with Crippen LogP contribution in [0.5, 0.6) is 0 Å². The van der Waals surface area contributed by atoms with Crippen molar-refractivity contribution < 1.29 is 0 Å². The van der Waals surface area contributed by atoms with Crippen LogP contribution >= 0.6 is 27.5 Å². The van der Waals surface area contributed by atoms with Gasteiger partial charge in [0.15, 0.2) is 0 Å². The predicted octanol–water partition coefficient (Wildman–Crippen LogP) is 5.00. The van der Waals surface area contributed by atoms with Gasteiger partial charge in [-0.1, -0.05) is 46.4 Å². The van der Waals surface area contributed by atoms with Crippen molar-refractivity contribution >= 4 is 33.2 Å². The number of hydrogen-bond donors (Lipinski definition) is 0. The largest absolute Gasteiger partial charge is 0.368 e. The molecule has 1 fully saturated rings. The zero-order valence-corrected chi connectivity index (χ0v) is 12.6. The minimum absolute atomic E-state index is 0.687. The van der Waals surface area contributed by atoms with Gasteiger partial charge in [0.2, 0.25) is 0 Å². The first-order valence-corrected chi connectivity index (χ1v) is 7.87. The average molecular weight is 317 g/mol. The molecule has 1 aliphatic carbocycles. The molecule has 94 valence electrons. The molecule has 0 unspecified atom stereocenters. The first kappa shape index (κ1) is 13.2. The van der Waals surface area contributed by atoms with Crippen LogP contribution in [0.25, 0.3) is 0 Å². The fourth-order valence-electron chi connectivity index (χ4n) is 2.71. The summed E-state index contributed by atoms with van der Waals surface area (Å²) in [6.07, 6.45) is 5.34. The number of hydrogen-bond acceptors (Lipinski definition) is 1. The van der Waals surface area contributed by atoms with Crippen molar-refractivity contribution in [1.29, 1.82) is 0 Å². The first-order chi connectivity index (χ1) is 8.26. The highest BCUT2D eigenvalue weighted by Gasteiger charge is 2.22. The fourth-order valence-corrected chi connectivity index (χ4v) is 3.37. The molecular formula is C14H19BrClN. The van der Waals surface area contributed by atoms with Crippen LogP contribution < -0.4 is 4.90 Å². The summed E-state index contributed by atoms with van der Waals surface area (Å²) >= 11 is 9.86. The third-order valence-electron chi connectivity index (χ3n) is 3.58. The summed E-state index contributed by atoms with van der Waals surface area (Å²) in [6.45, 7) is 3.26. The van der Waals surface area contributed by atoms with Gasteiger partial charge in [0.05, 0.1) is 10.7 Å². The third kappa shape index (κ3) is 2.97. The number of halogens is 2. The maximum Gasteiger partial charge on any atom is 0.0642 e. The highest BCUT2D eigenvalue weighted by atomic mass is 79.9. The topological polar surface area (TPSA) is 3.24 Å². The number of rotatable bonds is 4. The summed E-state index contributed by atoms with van der Waals surface area (Å²) < 4.78 is 0. The van der Waals surface area contributed by atoms with Gasteiger partial charge in [0.1, 0.15) is 0 Å². The van der Waals surface area contributed by atoms with Crippen LogP contribution in [0.4, 0.5) is 5.69 Å². The molecular weight excluding hydrogens is 298 g/mol. The summed E-state index contributed by atoms with van der Waals surface area (Å²) in [5.41, 5.74) is 2.44. The molecule has 1 aromatic rings. The van der Waals surface area contributed by atoms with E-state index in [2.05, 4.69) is 46.0 Å². The van der Waals surface area contributed by atoms with E-state index in [0.717, 1.165) is 16.9 Å². The van der Waals surface area contributed by atoms with Gasteiger partial charge in [0, 0.05) is 17.9 Å². The van der Waals surface area contributed by atoms with Crippen molar-refractivity contribution in [3.63, 3.8) is 0 Å². The minimum Gasteiger partial charge on any atom is -0.368 e.